The Balaban J connectivity index is 1.22. The minimum Gasteiger partial charge on any atom is -0.457 e. The summed E-state index contributed by atoms with van der Waals surface area (Å²) in [6, 6.07) is 5.97. The van der Waals surface area contributed by atoms with Crippen molar-refractivity contribution in [3.63, 3.8) is 0 Å². The number of anilines is 1. The Morgan fingerprint density at radius 1 is 1.29 bits per heavy atom. The molecule has 5 rings (SSSR count). The van der Waals surface area contributed by atoms with Crippen LogP contribution in [0.1, 0.15) is 53.2 Å². The van der Waals surface area contributed by atoms with Gasteiger partial charge in [0.25, 0.3) is 0 Å². The Hall–Kier alpha value is -2.84. The van der Waals surface area contributed by atoms with E-state index >= 15 is 0 Å². The third-order valence-electron chi connectivity index (χ3n) is 7.74. The third kappa shape index (κ3) is 3.99. The van der Waals surface area contributed by atoms with Crippen molar-refractivity contribution in [1.82, 2.24) is 14.9 Å². The Labute approximate surface area is 203 Å². The van der Waals surface area contributed by atoms with Crippen molar-refractivity contribution in [2.45, 2.75) is 46.1 Å². The molecule has 0 saturated carbocycles. The molecule has 1 saturated heterocycles. The van der Waals surface area contributed by atoms with Crippen LogP contribution in [0.5, 0.6) is 0 Å². The fourth-order valence-corrected chi connectivity index (χ4v) is 6.20. The third-order valence-corrected chi connectivity index (χ3v) is 8.87. The van der Waals surface area contributed by atoms with Crippen LogP contribution >= 0.6 is 11.3 Å². The van der Waals surface area contributed by atoms with Gasteiger partial charge in [0.05, 0.1) is 11.0 Å². The lowest BCUT2D eigenvalue weighted by atomic mass is 9.75. The number of nitrogens with zero attached hydrogens (tertiary/aromatic N) is 4. The number of hydrogen-bond donors (Lipinski definition) is 0. The van der Waals surface area contributed by atoms with Gasteiger partial charge in [0, 0.05) is 30.7 Å². The van der Waals surface area contributed by atoms with Gasteiger partial charge < -0.3 is 14.5 Å². The number of likely N-dealkylation sites (tertiary alicyclic amines) is 1. The van der Waals surface area contributed by atoms with Gasteiger partial charge >= 0.3 is 5.97 Å². The lowest BCUT2D eigenvalue weighted by molar-refractivity contribution is -0.131. The number of carbonyl (C=O) groups is 2. The van der Waals surface area contributed by atoms with Crippen molar-refractivity contribution < 1.29 is 14.3 Å². The first kappa shape index (κ1) is 22.9. The van der Waals surface area contributed by atoms with Gasteiger partial charge in [0.15, 0.2) is 0 Å². The molecular formula is C26H30N4O3S. The Morgan fingerprint density at radius 3 is 2.82 bits per heavy atom. The predicted octanol–water partition coefficient (Wildman–Crippen LogP) is 4.37. The molecule has 178 valence electrons. The molecule has 2 aromatic heterocycles. The van der Waals surface area contributed by atoms with Crippen LogP contribution in [-0.2, 0) is 22.6 Å². The second-order valence-corrected chi connectivity index (χ2v) is 10.4. The topological polar surface area (TPSA) is 75.6 Å². The quantitative estimate of drug-likeness (QED) is 0.490. The monoisotopic (exact) mass is 478 g/mol. The number of amides is 1. The number of hydrogen-bond acceptors (Lipinski definition) is 7. The largest absolute Gasteiger partial charge is 0.457 e. The molecule has 2 aliphatic rings. The summed E-state index contributed by atoms with van der Waals surface area (Å²) in [5, 5.41) is 1.89. The molecule has 0 aliphatic carbocycles. The smallest absolute Gasteiger partial charge is 0.338 e. The highest BCUT2D eigenvalue weighted by atomic mass is 32.1. The molecule has 0 unspecified atom stereocenters. The summed E-state index contributed by atoms with van der Waals surface area (Å²) in [7, 11) is 1.88. The predicted molar refractivity (Wildman–Crippen MR) is 133 cm³/mol. The highest BCUT2D eigenvalue weighted by Gasteiger charge is 2.42. The molecule has 0 radical (unpaired) electrons. The minimum absolute atomic E-state index is 0.202. The lowest BCUT2D eigenvalue weighted by Crippen LogP contribution is -2.49. The second-order valence-electron chi connectivity index (χ2n) is 9.41. The van der Waals surface area contributed by atoms with E-state index in [0.717, 1.165) is 66.1 Å². The van der Waals surface area contributed by atoms with Crippen molar-refractivity contribution in [2.24, 2.45) is 5.41 Å². The fourth-order valence-electron chi connectivity index (χ4n) is 5.27. The van der Waals surface area contributed by atoms with E-state index in [2.05, 4.69) is 34.8 Å². The zero-order valence-corrected chi connectivity index (χ0v) is 20.8. The van der Waals surface area contributed by atoms with E-state index in [9.17, 15) is 9.59 Å². The Morgan fingerprint density at radius 2 is 2.09 bits per heavy atom. The number of rotatable bonds is 6. The number of fused-ring (bicyclic) bond motifs is 2. The lowest BCUT2D eigenvalue weighted by Gasteiger charge is -2.42. The Kier molecular flexibility index (Phi) is 6.12. The van der Waals surface area contributed by atoms with E-state index in [0.29, 0.717) is 12.2 Å². The molecule has 0 atom stereocenters. The molecule has 0 spiro atoms. The summed E-state index contributed by atoms with van der Waals surface area (Å²) in [6.45, 7) is 7.39. The van der Waals surface area contributed by atoms with Gasteiger partial charge in [-0.2, -0.15) is 0 Å². The SMILES string of the molecule is CCC1(C(=O)N(C)c2cc3cncnc3s2)CCN(CCc2ccc3c(c2C)COC3=O)CC1. The minimum atomic E-state index is -0.325. The van der Waals surface area contributed by atoms with Crippen LogP contribution in [0.2, 0.25) is 0 Å². The maximum absolute atomic E-state index is 13.6. The number of thiophene rings is 1. The summed E-state index contributed by atoms with van der Waals surface area (Å²) in [6.07, 6.45) is 6.84. The highest BCUT2D eigenvalue weighted by Crippen LogP contribution is 2.40. The average molecular weight is 479 g/mol. The standard InChI is InChI=1S/C26H30N4O3S/c1-4-26(25(32)29(3)22-13-19-14-27-16-28-23(19)34-22)8-11-30(12-9-26)10-7-18-5-6-20-21(17(18)2)15-33-24(20)31/h5-6,13-14,16H,4,7-12,15H2,1-3H3. The first-order valence-electron chi connectivity index (χ1n) is 11.9. The van der Waals surface area contributed by atoms with E-state index in [-0.39, 0.29) is 17.3 Å². The van der Waals surface area contributed by atoms with Gasteiger partial charge in [-0.25, -0.2) is 14.8 Å². The van der Waals surface area contributed by atoms with E-state index in [1.54, 1.807) is 12.5 Å². The van der Waals surface area contributed by atoms with E-state index < -0.39 is 0 Å². The van der Waals surface area contributed by atoms with E-state index in [1.165, 1.54) is 22.5 Å². The molecule has 1 aromatic carbocycles. The maximum atomic E-state index is 13.6. The molecule has 0 N–H and O–H groups in total. The van der Waals surface area contributed by atoms with Crippen LogP contribution < -0.4 is 4.90 Å². The number of cyclic esters (lactones) is 1. The number of esters is 1. The van der Waals surface area contributed by atoms with Crippen molar-refractivity contribution in [3.05, 3.63) is 53.0 Å². The summed E-state index contributed by atoms with van der Waals surface area (Å²) in [4.78, 5) is 39.0. The maximum Gasteiger partial charge on any atom is 0.338 e. The van der Waals surface area contributed by atoms with E-state index in [1.807, 2.05) is 24.1 Å². The zero-order chi connectivity index (χ0) is 23.9. The number of aromatic nitrogens is 2. The van der Waals surface area contributed by atoms with Crippen molar-refractivity contribution in [2.75, 3.05) is 31.6 Å². The zero-order valence-electron chi connectivity index (χ0n) is 20.0. The molecule has 8 heteroatoms. The Bertz CT molecular complexity index is 1210. The molecule has 1 fully saturated rings. The van der Waals surface area contributed by atoms with Crippen LogP contribution in [0.15, 0.2) is 30.7 Å². The van der Waals surface area contributed by atoms with Crippen LogP contribution in [-0.4, -0.2) is 53.4 Å². The summed E-state index contributed by atoms with van der Waals surface area (Å²) < 4.78 is 5.19. The number of ether oxygens (including phenoxy) is 1. The number of carbonyl (C=O) groups excluding carboxylic acids is 2. The van der Waals surface area contributed by atoms with Crippen LogP contribution in [0.25, 0.3) is 10.2 Å². The fraction of sp³-hybridized carbons (Fsp3) is 0.462. The molecule has 0 bridgehead atoms. The normalized spacial score (nSPS) is 17.6. The van der Waals surface area contributed by atoms with Crippen LogP contribution in [0.4, 0.5) is 5.00 Å². The van der Waals surface area contributed by atoms with Gasteiger partial charge in [-0.15, -0.1) is 0 Å². The molecule has 1 amide bonds. The van der Waals surface area contributed by atoms with Gasteiger partial charge in [0.2, 0.25) is 5.91 Å². The van der Waals surface area contributed by atoms with Gasteiger partial charge in [-0.1, -0.05) is 24.3 Å². The van der Waals surface area contributed by atoms with Crippen molar-refractivity contribution in [1.29, 1.82) is 0 Å². The van der Waals surface area contributed by atoms with E-state index in [4.69, 9.17) is 4.74 Å². The van der Waals surface area contributed by atoms with Crippen molar-refractivity contribution in [3.8, 4) is 0 Å². The summed E-state index contributed by atoms with van der Waals surface area (Å²) in [5.74, 6) is -0.0110. The van der Waals surface area contributed by atoms with Crippen molar-refractivity contribution >= 4 is 38.4 Å². The molecule has 3 aromatic rings. The molecular weight excluding hydrogens is 448 g/mol. The number of benzene rings is 1. The first-order valence-corrected chi connectivity index (χ1v) is 12.7. The van der Waals surface area contributed by atoms with Crippen LogP contribution in [0, 0.1) is 12.3 Å². The summed E-state index contributed by atoms with van der Waals surface area (Å²) in [5.41, 5.74) is 3.86. The highest BCUT2D eigenvalue weighted by molar-refractivity contribution is 7.22. The first-order chi connectivity index (χ1) is 16.4. The molecule has 7 nitrogen and oxygen atoms in total. The van der Waals surface area contributed by atoms with Gasteiger partial charge in [0.1, 0.15) is 22.8 Å². The van der Waals surface area contributed by atoms with Crippen LogP contribution in [0.3, 0.4) is 0 Å². The molecule has 4 heterocycles. The number of piperidine rings is 1. The van der Waals surface area contributed by atoms with Gasteiger partial charge in [-0.05, 0) is 69.0 Å². The van der Waals surface area contributed by atoms with Gasteiger partial charge in [-0.3, -0.25) is 4.79 Å². The second kappa shape index (κ2) is 9.07. The molecule has 34 heavy (non-hydrogen) atoms. The summed E-state index contributed by atoms with van der Waals surface area (Å²) >= 11 is 1.54. The average Bonchev–Trinajstić information content (AvgIpc) is 3.47. The molecule has 2 aliphatic heterocycles.